The lowest BCUT2D eigenvalue weighted by Crippen LogP contribution is -2.41. The standard InChI is InChI=1S/C21H26ClN3O3/c22-20-8-7-17(25-20)19(27)11-15(9-13-5-6-13)21(28)24-16(12-23)10-14-3-1-2-4-18(14)26/h7-8,13-16,25H,1-6,9-11H2,(H,24,28)/t14-,15+,16-/m0/s1. The van der Waals surface area contributed by atoms with Gasteiger partial charge in [0.15, 0.2) is 5.78 Å². The van der Waals surface area contributed by atoms with E-state index >= 15 is 0 Å². The van der Waals surface area contributed by atoms with Crippen LogP contribution in [0.1, 0.15) is 68.3 Å². The van der Waals surface area contributed by atoms with Gasteiger partial charge in [0.05, 0.1) is 11.8 Å². The number of aromatic amines is 1. The maximum Gasteiger partial charge on any atom is 0.224 e. The number of nitriles is 1. The molecule has 28 heavy (non-hydrogen) atoms. The summed E-state index contributed by atoms with van der Waals surface area (Å²) in [6, 6.07) is 4.65. The van der Waals surface area contributed by atoms with Crippen molar-refractivity contribution in [2.75, 3.05) is 0 Å². The van der Waals surface area contributed by atoms with E-state index in [2.05, 4.69) is 16.4 Å². The fourth-order valence-electron chi connectivity index (χ4n) is 3.93. The molecule has 1 heterocycles. The number of hydrogen-bond acceptors (Lipinski definition) is 4. The number of hydrogen-bond donors (Lipinski definition) is 2. The number of ketones is 2. The summed E-state index contributed by atoms with van der Waals surface area (Å²) >= 11 is 5.84. The largest absolute Gasteiger partial charge is 0.343 e. The quantitative estimate of drug-likeness (QED) is 0.611. The van der Waals surface area contributed by atoms with Crippen LogP contribution in [0.4, 0.5) is 0 Å². The number of amides is 1. The number of nitrogens with zero attached hydrogens (tertiary/aromatic N) is 1. The van der Waals surface area contributed by atoms with E-state index in [1.165, 1.54) is 0 Å². The monoisotopic (exact) mass is 403 g/mol. The van der Waals surface area contributed by atoms with Crippen LogP contribution in [0.5, 0.6) is 0 Å². The molecule has 1 aromatic heterocycles. The minimum Gasteiger partial charge on any atom is -0.343 e. The van der Waals surface area contributed by atoms with Gasteiger partial charge in [0.2, 0.25) is 5.91 Å². The molecule has 2 fully saturated rings. The molecule has 0 bridgehead atoms. The third-order valence-electron chi connectivity index (χ3n) is 5.74. The highest BCUT2D eigenvalue weighted by molar-refractivity contribution is 6.29. The lowest BCUT2D eigenvalue weighted by Gasteiger charge is -2.24. The van der Waals surface area contributed by atoms with Crippen LogP contribution < -0.4 is 5.32 Å². The first-order valence-electron chi connectivity index (χ1n) is 10.1. The van der Waals surface area contributed by atoms with Gasteiger partial charge < -0.3 is 10.3 Å². The van der Waals surface area contributed by atoms with Gasteiger partial charge >= 0.3 is 0 Å². The Morgan fingerprint density at radius 2 is 2.04 bits per heavy atom. The van der Waals surface area contributed by atoms with E-state index in [1.807, 2.05) is 0 Å². The Bertz CT molecular complexity index is 778. The second-order valence-electron chi connectivity index (χ2n) is 8.06. The molecule has 0 unspecified atom stereocenters. The molecule has 0 aliphatic heterocycles. The lowest BCUT2D eigenvalue weighted by atomic mass is 9.83. The maximum absolute atomic E-state index is 12.8. The Kier molecular flexibility index (Phi) is 6.90. The normalized spacial score (nSPS) is 21.6. The molecule has 3 atom stereocenters. The van der Waals surface area contributed by atoms with Crippen LogP contribution in [-0.4, -0.2) is 28.5 Å². The Morgan fingerprint density at radius 1 is 1.25 bits per heavy atom. The van der Waals surface area contributed by atoms with Crippen molar-refractivity contribution in [3.63, 3.8) is 0 Å². The number of H-pyrrole nitrogens is 1. The van der Waals surface area contributed by atoms with Crippen molar-refractivity contribution in [2.45, 2.75) is 63.8 Å². The number of rotatable bonds is 9. The number of carbonyl (C=O) groups excluding carboxylic acids is 3. The third-order valence-corrected chi connectivity index (χ3v) is 5.96. The van der Waals surface area contributed by atoms with Gasteiger partial charge in [-0.3, -0.25) is 14.4 Å². The topological polar surface area (TPSA) is 103 Å². The van der Waals surface area contributed by atoms with E-state index in [-0.39, 0.29) is 29.8 Å². The van der Waals surface area contributed by atoms with Gasteiger partial charge in [-0.1, -0.05) is 30.9 Å². The number of carbonyl (C=O) groups is 3. The molecule has 6 nitrogen and oxygen atoms in total. The molecule has 3 rings (SSSR count). The number of aromatic nitrogens is 1. The molecular weight excluding hydrogens is 378 g/mol. The Hall–Kier alpha value is -2.13. The zero-order valence-electron chi connectivity index (χ0n) is 15.9. The van der Waals surface area contributed by atoms with Crippen LogP contribution >= 0.6 is 11.6 Å². The van der Waals surface area contributed by atoms with Gasteiger partial charge in [0, 0.05) is 24.7 Å². The zero-order valence-corrected chi connectivity index (χ0v) is 16.6. The van der Waals surface area contributed by atoms with Crippen molar-refractivity contribution < 1.29 is 14.4 Å². The molecule has 2 N–H and O–H groups in total. The highest BCUT2D eigenvalue weighted by Gasteiger charge is 2.33. The van der Waals surface area contributed by atoms with Crippen LogP contribution in [0.25, 0.3) is 0 Å². The van der Waals surface area contributed by atoms with Gasteiger partial charge in [0.1, 0.15) is 17.0 Å². The van der Waals surface area contributed by atoms with Crippen molar-refractivity contribution >= 4 is 29.1 Å². The Balaban J connectivity index is 1.60. The van der Waals surface area contributed by atoms with E-state index in [0.29, 0.717) is 36.0 Å². The molecule has 7 heteroatoms. The van der Waals surface area contributed by atoms with Gasteiger partial charge in [-0.2, -0.15) is 5.26 Å². The van der Waals surface area contributed by atoms with Gasteiger partial charge in [0.25, 0.3) is 0 Å². The lowest BCUT2D eigenvalue weighted by molar-refractivity contribution is -0.127. The maximum atomic E-state index is 12.8. The number of halogens is 1. The predicted molar refractivity (Wildman–Crippen MR) is 105 cm³/mol. The molecule has 150 valence electrons. The molecule has 0 aromatic carbocycles. The predicted octanol–water partition coefficient (Wildman–Crippen LogP) is 3.81. The molecular formula is C21H26ClN3O3. The van der Waals surface area contributed by atoms with E-state index in [4.69, 9.17) is 11.6 Å². The smallest absolute Gasteiger partial charge is 0.224 e. The third kappa shape index (κ3) is 5.68. The summed E-state index contributed by atoms with van der Waals surface area (Å²) in [5.74, 6) is -0.398. The second kappa shape index (κ2) is 9.38. The second-order valence-corrected chi connectivity index (χ2v) is 8.47. The summed E-state index contributed by atoms with van der Waals surface area (Å²) in [6.07, 6.45) is 6.48. The van der Waals surface area contributed by atoms with Crippen LogP contribution in [0.3, 0.4) is 0 Å². The average molecular weight is 404 g/mol. The molecule has 1 amide bonds. The Morgan fingerprint density at radius 3 is 2.64 bits per heavy atom. The highest BCUT2D eigenvalue weighted by atomic mass is 35.5. The minimum absolute atomic E-state index is 0.0830. The highest BCUT2D eigenvalue weighted by Crippen LogP contribution is 2.36. The van der Waals surface area contributed by atoms with Crippen molar-refractivity contribution in [2.24, 2.45) is 17.8 Å². The van der Waals surface area contributed by atoms with Crippen LogP contribution in [0.2, 0.25) is 5.15 Å². The molecule has 2 saturated carbocycles. The fourth-order valence-corrected chi connectivity index (χ4v) is 4.09. The van der Waals surface area contributed by atoms with E-state index in [1.54, 1.807) is 12.1 Å². The molecule has 0 radical (unpaired) electrons. The van der Waals surface area contributed by atoms with Crippen LogP contribution in [0.15, 0.2) is 12.1 Å². The first kappa shape index (κ1) is 20.6. The van der Waals surface area contributed by atoms with Crippen LogP contribution in [0, 0.1) is 29.1 Å². The van der Waals surface area contributed by atoms with E-state index < -0.39 is 12.0 Å². The SMILES string of the molecule is N#C[C@H](C[C@@H]1CCCCC1=O)NC(=O)[C@@H](CC(=O)c1ccc(Cl)[nH]1)CC1CC1. The van der Waals surface area contributed by atoms with Gasteiger partial charge in [-0.15, -0.1) is 0 Å². The molecule has 1 aromatic rings. The summed E-state index contributed by atoms with van der Waals surface area (Å²) in [7, 11) is 0. The summed E-state index contributed by atoms with van der Waals surface area (Å²) < 4.78 is 0. The van der Waals surface area contributed by atoms with Gasteiger partial charge in [-0.25, -0.2) is 0 Å². The summed E-state index contributed by atoms with van der Waals surface area (Å²) in [5, 5.41) is 12.6. The number of nitrogens with one attached hydrogen (secondary N) is 2. The van der Waals surface area contributed by atoms with Crippen molar-refractivity contribution in [3.05, 3.63) is 23.0 Å². The van der Waals surface area contributed by atoms with E-state index in [9.17, 15) is 19.6 Å². The molecule has 0 spiro atoms. The zero-order chi connectivity index (χ0) is 20.1. The first-order valence-corrected chi connectivity index (χ1v) is 10.4. The molecule has 2 aliphatic carbocycles. The van der Waals surface area contributed by atoms with Gasteiger partial charge in [-0.05, 0) is 43.7 Å². The van der Waals surface area contributed by atoms with E-state index in [0.717, 1.165) is 32.1 Å². The summed E-state index contributed by atoms with van der Waals surface area (Å²) in [4.78, 5) is 40.2. The minimum atomic E-state index is -0.698. The summed E-state index contributed by atoms with van der Waals surface area (Å²) in [5.41, 5.74) is 0.392. The van der Waals surface area contributed by atoms with Crippen molar-refractivity contribution in [1.29, 1.82) is 5.26 Å². The van der Waals surface area contributed by atoms with Crippen LogP contribution in [-0.2, 0) is 9.59 Å². The Labute approximate surface area is 170 Å². The van der Waals surface area contributed by atoms with Crippen molar-refractivity contribution in [1.82, 2.24) is 10.3 Å². The molecule has 2 aliphatic rings. The molecule has 0 saturated heterocycles. The average Bonchev–Trinajstić information content (AvgIpc) is 3.39. The summed E-state index contributed by atoms with van der Waals surface area (Å²) in [6.45, 7) is 0. The van der Waals surface area contributed by atoms with Crippen molar-refractivity contribution in [3.8, 4) is 6.07 Å². The number of Topliss-reactive ketones (excluding diaryl/α,β-unsaturated/α-hetero) is 2. The first-order chi connectivity index (χ1) is 13.5. The fraction of sp³-hybridized carbons (Fsp3) is 0.619.